The van der Waals surface area contributed by atoms with Crippen molar-refractivity contribution in [1.82, 2.24) is 5.32 Å². The molecule has 118 valence electrons. The number of hydrogen-bond acceptors (Lipinski definition) is 2. The Kier molecular flexibility index (Phi) is 4.48. The Morgan fingerprint density at radius 2 is 2.23 bits per heavy atom. The molecule has 2 saturated carbocycles. The molecule has 2 aliphatic rings. The fourth-order valence-corrected chi connectivity index (χ4v) is 4.49. The van der Waals surface area contributed by atoms with Gasteiger partial charge in [0.15, 0.2) is 0 Å². The van der Waals surface area contributed by atoms with Crippen LogP contribution in [0.1, 0.15) is 48.5 Å². The zero-order valence-corrected chi connectivity index (χ0v) is 13.9. The summed E-state index contributed by atoms with van der Waals surface area (Å²) in [6.45, 7) is 2.15. The number of hydrogen-bond donors (Lipinski definition) is 2. The van der Waals surface area contributed by atoms with Crippen LogP contribution in [0.3, 0.4) is 0 Å². The second kappa shape index (κ2) is 6.37. The predicted octanol–water partition coefficient (Wildman–Crippen LogP) is 3.07. The Balaban J connectivity index is 1.63. The van der Waals surface area contributed by atoms with Gasteiger partial charge in [0.05, 0.1) is 4.99 Å². The first-order chi connectivity index (χ1) is 10.5. The highest BCUT2D eigenvalue weighted by Crippen LogP contribution is 2.49. The molecular formula is C18H24N2OS. The van der Waals surface area contributed by atoms with Crippen LogP contribution in [0.2, 0.25) is 0 Å². The van der Waals surface area contributed by atoms with Crippen LogP contribution in [0, 0.1) is 17.8 Å². The van der Waals surface area contributed by atoms with Gasteiger partial charge in [-0.2, -0.15) is 0 Å². The van der Waals surface area contributed by atoms with Crippen LogP contribution in [0.25, 0.3) is 0 Å². The molecule has 22 heavy (non-hydrogen) atoms. The van der Waals surface area contributed by atoms with E-state index in [2.05, 4.69) is 12.2 Å². The van der Waals surface area contributed by atoms with Gasteiger partial charge in [0.2, 0.25) is 0 Å². The first-order valence-electron chi connectivity index (χ1n) is 8.21. The molecule has 1 aromatic rings. The molecule has 3 N–H and O–H groups in total. The molecule has 0 aromatic heterocycles. The summed E-state index contributed by atoms with van der Waals surface area (Å²) in [7, 11) is 0. The van der Waals surface area contributed by atoms with Crippen LogP contribution in [0.4, 0.5) is 0 Å². The lowest BCUT2D eigenvalue weighted by atomic mass is 9.84. The van der Waals surface area contributed by atoms with E-state index in [9.17, 15) is 4.79 Å². The van der Waals surface area contributed by atoms with Crippen molar-refractivity contribution in [1.29, 1.82) is 0 Å². The largest absolute Gasteiger partial charge is 0.393 e. The normalized spacial score (nSPS) is 27.6. The maximum atomic E-state index is 12.5. The molecule has 2 aliphatic carbocycles. The van der Waals surface area contributed by atoms with E-state index in [0.29, 0.717) is 22.9 Å². The SMILES string of the molecule is CC(NC(=O)c1cccc(CC(N)=S)c1)C1CC2CCC1C2. The van der Waals surface area contributed by atoms with Crippen LogP contribution in [-0.2, 0) is 6.42 Å². The first kappa shape index (κ1) is 15.5. The maximum absolute atomic E-state index is 12.5. The first-order valence-corrected chi connectivity index (χ1v) is 8.62. The molecule has 1 aromatic carbocycles. The van der Waals surface area contributed by atoms with Crippen LogP contribution >= 0.6 is 12.2 Å². The van der Waals surface area contributed by atoms with Crippen LogP contribution in [-0.4, -0.2) is 16.9 Å². The van der Waals surface area contributed by atoms with Crippen molar-refractivity contribution in [2.24, 2.45) is 23.5 Å². The van der Waals surface area contributed by atoms with E-state index in [1.54, 1.807) is 0 Å². The van der Waals surface area contributed by atoms with Crippen LogP contribution in [0.5, 0.6) is 0 Å². The molecule has 0 spiro atoms. The summed E-state index contributed by atoms with van der Waals surface area (Å²) in [6.07, 6.45) is 5.93. The average molecular weight is 316 g/mol. The standard InChI is InChI=1S/C18H24N2OS/c1-11(16-9-13-5-6-14(16)7-13)20-18(21)15-4-2-3-12(8-15)10-17(19)22/h2-4,8,11,13-14,16H,5-7,9-10H2,1H3,(H2,19,22)(H,20,21). The number of nitrogens with two attached hydrogens (primary N) is 1. The van der Waals surface area contributed by atoms with Crippen molar-refractivity contribution < 1.29 is 4.79 Å². The molecule has 4 unspecified atom stereocenters. The fourth-order valence-electron chi connectivity index (χ4n) is 4.33. The number of fused-ring (bicyclic) bond motifs is 2. The fraction of sp³-hybridized carbons (Fsp3) is 0.556. The van der Waals surface area contributed by atoms with Crippen molar-refractivity contribution in [3.63, 3.8) is 0 Å². The lowest BCUT2D eigenvalue weighted by Gasteiger charge is -2.28. The topological polar surface area (TPSA) is 55.1 Å². The van der Waals surface area contributed by atoms with Gasteiger partial charge < -0.3 is 11.1 Å². The molecule has 0 saturated heterocycles. The number of thiocarbonyl (C=S) groups is 1. The Bertz CT molecular complexity index is 586. The minimum atomic E-state index is 0.0139. The lowest BCUT2D eigenvalue weighted by molar-refractivity contribution is 0.0915. The summed E-state index contributed by atoms with van der Waals surface area (Å²) in [5, 5.41) is 3.20. The minimum Gasteiger partial charge on any atom is -0.393 e. The van der Waals surface area contributed by atoms with E-state index in [-0.39, 0.29) is 11.9 Å². The Morgan fingerprint density at radius 1 is 1.41 bits per heavy atom. The van der Waals surface area contributed by atoms with E-state index in [4.69, 9.17) is 18.0 Å². The summed E-state index contributed by atoms with van der Waals surface area (Å²) in [6, 6.07) is 7.84. The Labute approximate surface area is 137 Å². The van der Waals surface area contributed by atoms with Crippen molar-refractivity contribution in [3.8, 4) is 0 Å². The van der Waals surface area contributed by atoms with Crippen molar-refractivity contribution in [2.45, 2.75) is 45.1 Å². The second-order valence-electron chi connectivity index (χ2n) is 6.94. The van der Waals surface area contributed by atoms with Gasteiger partial charge in [-0.3, -0.25) is 4.79 Å². The summed E-state index contributed by atoms with van der Waals surface area (Å²) < 4.78 is 0. The van der Waals surface area contributed by atoms with E-state index in [0.717, 1.165) is 17.4 Å². The van der Waals surface area contributed by atoms with Crippen molar-refractivity contribution in [3.05, 3.63) is 35.4 Å². The third-order valence-electron chi connectivity index (χ3n) is 5.36. The van der Waals surface area contributed by atoms with E-state index in [1.165, 1.54) is 25.7 Å². The van der Waals surface area contributed by atoms with Crippen molar-refractivity contribution >= 4 is 23.1 Å². The van der Waals surface area contributed by atoms with Crippen LogP contribution < -0.4 is 11.1 Å². The molecule has 0 aliphatic heterocycles. The van der Waals surface area contributed by atoms with E-state index >= 15 is 0 Å². The number of amides is 1. The highest BCUT2D eigenvalue weighted by molar-refractivity contribution is 7.80. The monoisotopic (exact) mass is 316 g/mol. The quantitative estimate of drug-likeness (QED) is 0.821. The summed E-state index contributed by atoms with van der Waals surface area (Å²) in [5.74, 6) is 2.40. The lowest BCUT2D eigenvalue weighted by Crippen LogP contribution is -2.40. The van der Waals surface area contributed by atoms with Crippen LogP contribution in [0.15, 0.2) is 24.3 Å². The molecule has 3 rings (SSSR count). The van der Waals surface area contributed by atoms with Gasteiger partial charge in [-0.05, 0) is 61.6 Å². The smallest absolute Gasteiger partial charge is 0.251 e. The van der Waals surface area contributed by atoms with Crippen molar-refractivity contribution in [2.75, 3.05) is 0 Å². The molecule has 4 heteroatoms. The van der Waals surface area contributed by atoms with Gasteiger partial charge in [-0.1, -0.05) is 30.8 Å². The summed E-state index contributed by atoms with van der Waals surface area (Å²) in [5.41, 5.74) is 7.27. The molecule has 2 fully saturated rings. The van der Waals surface area contributed by atoms with Gasteiger partial charge >= 0.3 is 0 Å². The van der Waals surface area contributed by atoms with Gasteiger partial charge in [0.1, 0.15) is 0 Å². The molecule has 4 atom stereocenters. The zero-order chi connectivity index (χ0) is 15.7. The molecule has 0 heterocycles. The zero-order valence-electron chi connectivity index (χ0n) is 13.0. The Morgan fingerprint density at radius 3 is 2.86 bits per heavy atom. The number of carbonyl (C=O) groups excluding carboxylic acids is 1. The summed E-state index contributed by atoms with van der Waals surface area (Å²) in [4.78, 5) is 12.9. The number of benzene rings is 1. The predicted molar refractivity (Wildman–Crippen MR) is 92.8 cm³/mol. The molecule has 1 amide bonds. The number of nitrogens with one attached hydrogen (secondary N) is 1. The average Bonchev–Trinajstić information content (AvgIpc) is 3.09. The molecular weight excluding hydrogens is 292 g/mol. The molecule has 0 radical (unpaired) electrons. The van der Waals surface area contributed by atoms with Gasteiger partial charge in [-0.25, -0.2) is 0 Å². The number of rotatable bonds is 5. The van der Waals surface area contributed by atoms with Gasteiger partial charge in [0.25, 0.3) is 5.91 Å². The highest BCUT2D eigenvalue weighted by atomic mass is 32.1. The van der Waals surface area contributed by atoms with Gasteiger partial charge in [-0.15, -0.1) is 0 Å². The number of carbonyl (C=O) groups is 1. The third-order valence-corrected chi connectivity index (χ3v) is 5.51. The summed E-state index contributed by atoms with van der Waals surface area (Å²) >= 11 is 4.94. The molecule has 3 nitrogen and oxygen atoms in total. The Hall–Kier alpha value is -1.42. The molecule has 2 bridgehead atoms. The van der Waals surface area contributed by atoms with E-state index < -0.39 is 0 Å². The highest BCUT2D eigenvalue weighted by Gasteiger charge is 2.42. The maximum Gasteiger partial charge on any atom is 0.251 e. The van der Waals surface area contributed by atoms with E-state index in [1.807, 2.05) is 24.3 Å². The second-order valence-corrected chi connectivity index (χ2v) is 7.47. The van der Waals surface area contributed by atoms with Gasteiger partial charge in [0, 0.05) is 18.0 Å². The minimum absolute atomic E-state index is 0.0139. The third kappa shape index (κ3) is 3.32.